The van der Waals surface area contributed by atoms with Gasteiger partial charge < -0.3 is 15.2 Å². The molecule has 0 amide bonds. The fraction of sp³-hybridized carbons (Fsp3) is 0.875. The van der Waals surface area contributed by atoms with Crippen LogP contribution in [0.3, 0.4) is 0 Å². The third-order valence-corrected chi connectivity index (χ3v) is 1.92. The van der Waals surface area contributed by atoms with Crippen molar-refractivity contribution in [1.29, 1.82) is 0 Å². The van der Waals surface area contributed by atoms with Crippen molar-refractivity contribution in [1.82, 2.24) is 0 Å². The molecule has 13 heavy (non-hydrogen) atoms. The van der Waals surface area contributed by atoms with Crippen LogP contribution in [-0.2, 0) is 14.3 Å². The molecule has 0 aromatic rings. The van der Waals surface area contributed by atoms with Gasteiger partial charge in [-0.1, -0.05) is 0 Å². The van der Waals surface area contributed by atoms with E-state index in [1.807, 2.05) is 0 Å². The highest BCUT2D eigenvalue weighted by Gasteiger charge is 2.29. The number of hydrogen-bond acceptors (Lipinski definition) is 4. The minimum atomic E-state index is -0.604. The maximum absolute atomic E-state index is 11.1. The average Bonchev–Trinajstić information content (AvgIpc) is 2.55. The Morgan fingerprint density at radius 2 is 2.46 bits per heavy atom. The molecule has 1 aliphatic rings. The fourth-order valence-electron chi connectivity index (χ4n) is 1.28. The van der Waals surface area contributed by atoms with Crippen LogP contribution in [0.4, 0.5) is 0 Å². The van der Waals surface area contributed by atoms with E-state index in [1.54, 1.807) is 6.92 Å². The second kappa shape index (κ2) is 6.18. The number of ether oxygens (including phenoxy) is 2. The quantitative estimate of drug-likeness (QED) is 0.687. The zero-order chi connectivity index (χ0) is 8.97. The largest absolute Gasteiger partial charge is 0.465 e. The van der Waals surface area contributed by atoms with Crippen molar-refractivity contribution in [3.63, 3.8) is 0 Å². The van der Waals surface area contributed by atoms with Crippen molar-refractivity contribution in [3.8, 4) is 0 Å². The van der Waals surface area contributed by atoms with Crippen LogP contribution in [0.25, 0.3) is 0 Å². The number of esters is 1. The van der Waals surface area contributed by atoms with Gasteiger partial charge in [0.25, 0.3) is 0 Å². The Hall–Kier alpha value is -0.320. The predicted octanol–water partition coefficient (Wildman–Crippen LogP) is 0.478. The molecule has 2 N–H and O–H groups in total. The molecule has 0 radical (unpaired) electrons. The highest BCUT2D eigenvalue weighted by molar-refractivity contribution is 5.85. The molecule has 0 aromatic heterocycles. The van der Waals surface area contributed by atoms with E-state index < -0.39 is 6.04 Å². The minimum Gasteiger partial charge on any atom is -0.465 e. The third-order valence-electron chi connectivity index (χ3n) is 1.92. The summed E-state index contributed by atoms with van der Waals surface area (Å²) in [6.45, 7) is 2.84. The molecule has 4 nitrogen and oxygen atoms in total. The summed E-state index contributed by atoms with van der Waals surface area (Å²) in [6, 6.07) is -0.604. The van der Waals surface area contributed by atoms with Crippen LogP contribution in [0, 0.1) is 0 Å². The van der Waals surface area contributed by atoms with Crippen LogP contribution in [0.15, 0.2) is 0 Å². The van der Waals surface area contributed by atoms with Crippen LogP contribution in [0.5, 0.6) is 0 Å². The molecule has 5 heteroatoms. The van der Waals surface area contributed by atoms with Gasteiger partial charge in [0.1, 0.15) is 6.04 Å². The molecule has 1 fully saturated rings. The molecular weight excluding hydrogens is 194 g/mol. The van der Waals surface area contributed by atoms with Gasteiger partial charge in [0.2, 0.25) is 0 Å². The molecule has 0 bridgehead atoms. The lowest BCUT2D eigenvalue weighted by Crippen LogP contribution is -2.42. The van der Waals surface area contributed by atoms with Gasteiger partial charge in [-0.05, 0) is 19.8 Å². The van der Waals surface area contributed by atoms with E-state index in [9.17, 15) is 4.79 Å². The molecule has 0 aliphatic carbocycles. The molecule has 1 heterocycles. The van der Waals surface area contributed by atoms with E-state index in [1.165, 1.54) is 0 Å². The Balaban J connectivity index is 0.00000144. The molecule has 1 aliphatic heterocycles. The SMILES string of the molecule is CCOC(=O)C(N)C1CCCO1.Cl. The van der Waals surface area contributed by atoms with Crippen LogP contribution in [0.2, 0.25) is 0 Å². The summed E-state index contributed by atoms with van der Waals surface area (Å²) >= 11 is 0. The number of rotatable bonds is 3. The molecule has 0 aromatic carbocycles. The van der Waals surface area contributed by atoms with E-state index in [0.29, 0.717) is 13.2 Å². The van der Waals surface area contributed by atoms with Crippen LogP contribution >= 0.6 is 12.4 Å². The highest BCUT2D eigenvalue weighted by Crippen LogP contribution is 2.14. The fourth-order valence-corrected chi connectivity index (χ4v) is 1.28. The molecule has 1 saturated heterocycles. The molecule has 0 saturated carbocycles. The topological polar surface area (TPSA) is 61.5 Å². The number of carbonyl (C=O) groups excluding carboxylic acids is 1. The monoisotopic (exact) mass is 209 g/mol. The van der Waals surface area contributed by atoms with Gasteiger partial charge >= 0.3 is 5.97 Å². The first kappa shape index (κ1) is 12.7. The average molecular weight is 210 g/mol. The Morgan fingerprint density at radius 3 is 2.92 bits per heavy atom. The summed E-state index contributed by atoms with van der Waals surface area (Å²) in [7, 11) is 0. The third kappa shape index (κ3) is 3.50. The zero-order valence-electron chi connectivity index (χ0n) is 7.69. The Bertz CT molecular complexity index is 159. The Kier molecular flexibility index (Phi) is 6.03. The normalized spacial score (nSPS) is 23.4. The molecule has 0 spiro atoms. The summed E-state index contributed by atoms with van der Waals surface area (Å²) in [5.74, 6) is -0.357. The number of carbonyl (C=O) groups is 1. The number of hydrogen-bond donors (Lipinski definition) is 1. The number of halogens is 1. The van der Waals surface area contributed by atoms with Gasteiger partial charge in [-0.3, -0.25) is 4.79 Å². The summed E-state index contributed by atoms with van der Waals surface area (Å²) < 4.78 is 10.0. The molecule has 1 rings (SSSR count). The predicted molar refractivity (Wildman–Crippen MR) is 50.8 cm³/mol. The molecule has 2 unspecified atom stereocenters. The van der Waals surface area contributed by atoms with Crippen molar-refractivity contribution in [2.24, 2.45) is 5.73 Å². The second-order valence-corrected chi connectivity index (χ2v) is 2.83. The van der Waals surface area contributed by atoms with Crippen molar-refractivity contribution in [2.75, 3.05) is 13.2 Å². The van der Waals surface area contributed by atoms with Gasteiger partial charge in [-0.2, -0.15) is 0 Å². The highest BCUT2D eigenvalue weighted by atomic mass is 35.5. The van der Waals surface area contributed by atoms with Crippen LogP contribution in [-0.4, -0.2) is 31.3 Å². The van der Waals surface area contributed by atoms with Crippen LogP contribution < -0.4 is 5.73 Å². The van der Waals surface area contributed by atoms with E-state index >= 15 is 0 Å². The Labute approximate surface area is 84.2 Å². The standard InChI is InChI=1S/C8H15NO3.ClH/c1-2-11-8(10)7(9)6-4-3-5-12-6;/h6-7H,2-5,9H2,1H3;1H. The van der Waals surface area contributed by atoms with Crippen molar-refractivity contribution < 1.29 is 14.3 Å². The number of nitrogens with two attached hydrogens (primary N) is 1. The lowest BCUT2D eigenvalue weighted by atomic mass is 10.1. The summed E-state index contributed by atoms with van der Waals surface area (Å²) in [6.07, 6.45) is 1.71. The maximum atomic E-state index is 11.1. The van der Waals surface area contributed by atoms with Crippen molar-refractivity contribution >= 4 is 18.4 Å². The smallest absolute Gasteiger partial charge is 0.325 e. The van der Waals surface area contributed by atoms with Crippen LogP contribution in [0.1, 0.15) is 19.8 Å². The van der Waals surface area contributed by atoms with Gasteiger partial charge in [0, 0.05) is 6.61 Å². The second-order valence-electron chi connectivity index (χ2n) is 2.83. The first-order valence-electron chi connectivity index (χ1n) is 4.29. The first-order chi connectivity index (χ1) is 5.75. The van der Waals surface area contributed by atoms with Gasteiger partial charge in [0.15, 0.2) is 0 Å². The Morgan fingerprint density at radius 1 is 1.77 bits per heavy atom. The molecule has 78 valence electrons. The van der Waals surface area contributed by atoms with Gasteiger partial charge in [-0.15, -0.1) is 12.4 Å². The maximum Gasteiger partial charge on any atom is 0.325 e. The first-order valence-corrected chi connectivity index (χ1v) is 4.29. The van der Waals surface area contributed by atoms with Crippen molar-refractivity contribution in [3.05, 3.63) is 0 Å². The molecular formula is C8H16ClNO3. The lowest BCUT2D eigenvalue weighted by Gasteiger charge is -2.16. The van der Waals surface area contributed by atoms with E-state index in [-0.39, 0.29) is 24.5 Å². The van der Waals surface area contributed by atoms with Gasteiger partial charge in [0.05, 0.1) is 12.7 Å². The van der Waals surface area contributed by atoms with Gasteiger partial charge in [-0.25, -0.2) is 0 Å². The van der Waals surface area contributed by atoms with Crippen molar-refractivity contribution in [2.45, 2.75) is 31.9 Å². The molecule has 2 atom stereocenters. The summed E-state index contributed by atoms with van der Waals surface area (Å²) in [5.41, 5.74) is 5.61. The van der Waals surface area contributed by atoms with E-state index in [0.717, 1.165) is 12.8 Å². The zero-order valence-corrected chi connectivity index (χ0v) is 8.51. The lowest BCUT2D eigenvalue weighted by molar-refractivity contribution is -0.147. The summed E-state index contributed by atoms with van der Waals surface area (Å²) in [5, 5.41) is 0. The van der Waals surface area contributed by atoms with E-state index in [4.69, 9.17) is 15.2 Å². The van der Waals surface area contributed by atoms with E-state index in [2.05, 4.69) is 0 Å². The summed E-state index contributed by atoms with van der Waals surface area (Å²) in [4.78, 5) is 11.1. The minimum absolute atomic E-state index is 0.